The van der Waals surface area contributed by atoms with E-state index < -0.39 is 0 Å². The quantitative estimate of drug-likeness (QED) is 0.0745. The van der Waals surface area contributed by atoms with Gasteiger partial charge in [-0.3, -0.25) is 19.9 Å². The fourth-order valence-corrected chi connectivity index (χ4v) is 3.57. The molecule has 5 rings (SSSR count). The van der Waals surface area contributed by atoms with Crippen molar-refractivity contribution in [2.24, 2.45) is 16.7 Å². The number of hydrogen-bond donors (Lipinski definition) is 3. The molecular weight excluding hydrogens is 512 g/mol. The number of hydrogen-bond acceptors (Lipinski definition) is 7. The van der Waals surface area contributed by atoms with Gasteiger partial charge in [0.2, 0.25) is 0 Å². The van der Waals surface area contributed by atoms with Crippen molar-refractivity contribution in [2.75, 3.05) is 0 Å². The van der Waals surface area contributed by atoms with Crippen molar-refractivity contribution in [3.05, 3.63) is 120 Å². The van der Waals surface area contributed by atoms with E-state index in [1.807, 2.05) is 48.5 Å². The van der Waals surface area contributed by atoms with Gasteiger partial charge in [0, 0.05) is 26.5 Å². The molecule has 3 heterocycles. The molecule has 41 heavy (non-hydrogen) atoms. The van der Waals surface area contributed by atoms with Crippen LogP contribution in [-0.2, 0) is 0 Å². The first-order valence-corrected chi connectivity index (χ1v) is 13.3. The van der Waals surface area contributed by atoms with Crippen LogP contribution in [0.4, 0.5) is 0 Å². The Morgan fingerprint density at radius 2 is 1.44 bits per heavy atom. The molecule has 0 aliphatic carbocycles. The van der Waals surface area contributed by atoms with Crippen LogP contribution < -0.4 is 11.6 Å². The second-order valence-electron chi connectivity index (χ2n) is 9.67. The summed E-state index contributed by atoms with van der Waals surface area (Å²) >= 11 is 0. The largest absolute Gasteiger partial charge is 0.380 e. The number of hydrazone groups is 1. The predicted molar refractivity (Wildman–Crippen MR) is 166 cm³/mol. The minimum Gasteiger partial charge on any atom is -0.380 e. The molecule has 9 heteroatoms. The van der Waals surface area contributed by atoms with Crippen molar-refractivity contribution in [3.8, 4) is 22.9 Å². The first kappa shape index (κ1) is 28.8. The van der Waals surface area contributed by atoms with E-state index in [2.05, 4.69) is 82.2 Å². The maximum atomic E-state index is 10.3. The molecule has 0 aliphatic heterocycles. The average molecular weight is 555 g/mol. The maximum Gasteiger partial charge on any atom is 0.181 e. The number of pyridine rings is 2. The lowest BCUT2D eigenvalue weighted by Gasteiger charge is -2.04. The molecule has 9 nitrogen and oxygen atoms in total. The van der Waals surface area contributed by atoms with Crippen LogP contribution in [0.5, 0.6) is 0 Å². The molecule has 212 valence electrons. The van der Waals surface area contributed by atoms with Gasteiger partial charge >= 0.3 is 0 Å². The summed E-state index contributed by atoms with van der Waals surface area (Å²) in [5.74, 6) is 7.63. The van der Waals surface area contributed by atoms with Crippen LogP contribution in [0, 0.1) is 0 Å². The summed E-state index contributed by atoms with van der Waals surface area (Å²) in [6.45, 7) is 8.63. The van der Waals surface area contributed by atoms with Gasteiger partial charge in [-0.05, 0) is 47.2 Å². The normalized spacial score (nSPS) is 11.0. The van der Waals surface area contributed by atoms with Crippen molar-refractivity contribution in [3.63, 3.8) is 0 Å². The Kier molecular flexibility index (Phi) is 10.8. The number of benzene rings is 2. The Labute approximate surface area is 243 Å². The van der Waals surface area contributed by atoms with Gasteiger partial charge in [0.05, 0.1) is 0 Å². The van der Waals surface area contributed by atoms with Gasteiger partial charge in [0.15, 0.2) is 17.5 Å². The number of aldehydes is 1. The molecule has 0 saturated carbocycles. The summed E-state index contributed by atoms with van der Waals surface area (Å²) in [6.07, 6.45) is 4.24. The number of aromatic amines is 1. The summed E-state index contributed by atoms with van der Waals surface area (Å²) in [4.78, 5) is 23.0. The molecule has 0 unspecified atom stereocenters. The summed E-state index contributed by atoms with van der Waals surface area (Å²) in [5, 5.41) is 10.5. The van der Waals surface area contributed by atoms with Gasteiger partial charge in [-0.25, -0.2) is 4.98 Å². The lowest BCUT2D eigenvalue weighted by Crippen LogP contribution is -2.16. The smallest absolute Gasteiger partial charge is 0.181 e. The molecule has 0 saturated heterocycles. The number of aromatic nitrogens is 5. The molecule has 0 radical (unpaired) electrons. The van der Waals surface area contributed by atoms with E-state index in [4.69, 9.17) is 14.5 Å². The SMILES string of the molecule is CC(C)c1ccc(-c2n[nH]c(-c3ccccn3)n2)cc1.CC(C)c1ccc(C=O)cc1.N/N=C(\N)c1ccccn1.[3H][3H]. The zero-order valence-electron chi connectivity index (χ0n) is 25.8. The van der Waals surface area contributed by atoms with Crippen molar-refractivity contribution >= 4 is 12.1 Å². The molecule has 2 aromatic carbocycles. The summed E-state index contributed by atoms with van der Waals surface area (Å²) in [7, 11) is 0. The highest BCUT2D eigenvalue weighted by atomic mass is 16.1. The fourth-order valence-electron chi connectivity index (χ4n) is 3.57. The Balaban J connectivity index is 0.000000239. The monoisotopic (exact) mass is 554 g/mol. The van der Waals surface area contributed by atoms with E-state index in [1.165, 1.54) is 11.1 Å². The summed E-state index contributed by atoms with van der Waals surface area (Å²) in [5.41, 5.74) is 11.1. The van der Waals surface area contributed by atoms with Gasteiger partial charge in [-0.1, -0.05) is 88.4 Å². The van der Waals surface area contributed by atoms with Crippen molar-refractivity contribution < 1.29 is 7.76 Å². The van der Waals surface area contributed by atoms with Gasteiger partial charge in [-0.2, -0.15) is 10.2 Å². The third kappa shape index (κ3) is 9.21. The molecule has 5 aromatic rings. The number of nitrogens with zero attached hydrogens (tertiary/aromatic N) is 5. The van der Waals surface area contributed by atoms with Gasteiger partial charge < -0.3 is 11.6 Å². The van der Waals surface area contributed by atoms with Gasteiger partial charge in [0.1, 0.15) is 17.7 Å². The first-order valence-electron chi connectivity index (χ1n) is 14.3. The number of rotatable bonds is 6. The second-order valence-corrected chi connectivity index (χ2v) is 9.67. The van der Waals surface area contributed by atoms with Crippen LogP contribution in [0.25, 0.3) is 22.9 Å². The van der Waals surface area contributed by atoms with Gasteiger partial charge in [0.25, 0.3) is 0 Å². The summed E-state index contributed by atoms with van der Waals surface area (Å²) < 4.78 is 10.0. The second kappa shape index (κ2) is 15.4. The maximum absolute atomic E-state index is 10.3. The van der Waals surface area contributed by atoms with Crippen LogP contribution >= 0.6 is 0 Å². The zero-order chi connectivity index (χ0) is 31.6. The van der Waals surface area contributed by atoms with E-state index in [9.17, 15) is 4.79 Å². The van der Waals surface area contributed by atoms with Crippen LogP contribution in [0.1, 0.15) is 69.7 Å². The highest BCUT2D eigenvalue weighted by molar-refractivity contribution is 5.95. The highest BCUT2D eigenvalue weighted by Crippen LogP contribution is 2.21. The fraction of sp³-hybridized carbons (Fsp3) is 0.188. The third-order valence-corrected chi connectivity index (χ3v) is 6.03. The minimum absolute atomic E-state index is 0.251. The van der Waals surface area contributed by atoms with E-state index in [-0.39, 0.29) is 5.84 Å². The van der Waals surface area contributed by atoms with Crippen LogP contribution in [0.2, 0.25) is 0 Å². The van der Waals surface area contributed by atoms with Crippen molar-refractivity contribution in [1.82, 2.24) is 25.1 Å². The Bertz CT molecular complexity index is 1510. The van der Waals surface area contributed by atoms with E-state index >= 15 is 0 Å². The molecule has 0 aliphatic rings. The van der Waals surface area contributed by atoms with Crippen LogP contribution in [-0.4, -0.2) is 37.3 Å². The number of nitrogens with two attached hydrogens (primary N) is 2. The lowest BCUT2D eigenvalue weighted by atomic mass is 10.0. The molecular formula is C32H38N8O. The number of carbonyl (C=O) groups excluding carboxylic acids is 1. The third-order valence-electron chi connectivity index (χ3n) is 6.03. The van der Waals surface area contributed by atoms with Crippen molar-refractivity contribution in [2.45, 2.75) is 39.5 Å². The van der Waals surface area contributed by atoms with E-state index in [0.29, 0.717) is 29.2 Å². The topological polar surface area (TPSA) is 149 Å². The molecule has 0 bridgehead atoms. The standard InChI is InChI=1S/C16H16N4.C10H12O.C6H8N4.H2/c1-11(2)12-6-8-13(9-7-12)15-18-16(20-19-15)14-5-3-4-10-17-14;1-8(2)10-5-3-9(7-11)4-6-10;7-6(10-8)5-3-1-2-4-9-5;/h3-11H,1-2H3,(H,18,19,20);3-8H,1-2H3;1-4H,8H2,(H2,7,10);1H/i;;;1+2T. The molecule has 0 spiro atoms. The Hall–Kier alpha value is -5.18. The van der Waals surface area contributed by atoms with Crippen molar-refractivity contribution in [1.29, 1.82) is 0 Å². The lowest BCUT2D eigenvalue weighted by molar-refractivity contribution is 0.112. The molecule has 0 amide bonds. The minimum atomic E-state index is 0.251. The predicted octanol–water partition coefficient (Wildman–Crippen LogP) is 6.19. The molecule has 3 aromatic heterocycles. The number of H-pyrrole nitrogens is 1. The van der Waals surface area contributed by atoms with E-state index in [1.54, 1.807) is 24.5 Å². The van der Waals surface area contributed by atoms with Gasteiger partial charge in [-0.15, -0.1) is 0 Å². The highest BCUT2D eigenvalue weighted by Gasteiger charge is 2.09. The Morgan fingerprint density at radius 3 is 1.93 bits per heavy atom. The first-order chi connectivity index (χ1) is 20.8. The zero-order valence-corrected chi connectivity index (χ0v) is 23.8. The Morgan fingerprint density at radius 1 is 0.854 bits per heavy atom. The average Bonchev–Trinajstić information content (AvgIpc) is 3.57. The summed E-state index contributed by atoms with van der Waals surface area (Å²) in [6, 6.07) is 27.1. The number of amidine groups is 1. The number of carbonyl (C=O) groups is 1. The number of nitrogens with one attached hydrogen (secondary N) is 1. The molecule has 5 N–H and O–H groups in total. The van der Waals surface area contributed by atoms with Crippen LogP contribution in [0.15, 0.2) is 102 Å². The van der Waals surface area contributed by atoms with E-state index in [0.717, 1.165) is 23.1 Å². The molecule has 0 atom stereocenters. The molecule has 0 fully saturated rings. The van der Waals surface area contributed by atoms with Crippen LogP contribution in [0.3, 0.4) is 0 Å².